The molecular formula is C16H17ClN2O4S. The highest BCUT2D eigenvalue weighted by atomic mass is 35.5. The van der Waals surface area contributed by atoms with Gasteiger partial charge in [-0.2, -0.15) is 0 Å². The minimum absolute atomic E-state index is 0.0349. The van der Waals surface area contributed by atoms with Crippen LogP contribution in [0.15, 0.2) is 53.4 Å². The van der Waals surface area contributed by atoms with Crippen LogP contribution in [0.1, 0.15) is 10.4 Å². The second kappa shape index (κ2) is 7.65. The van der Waals surface area contributed by atoms with Gasteiger partial charge in [0.1, 0.15) is 0 Å². The Hall–Kier alpha value is -2.09. The van der Waals surface area contributed by atoms with Crippen LogP contribution in [0.5, 0.6) is 0 Å². The molecule has 2 N–H and O–H groups in total. The topological polar surface area (TPSA) is 86.7 Å². The monoisotopic (exact) mass is 368 g/mol. The molecule has 128 valence electrons. The van der Waals surface area contributed by atoms with E-state index in [-0.39, 0.29) is 28.6 Å². The van der Waals surface area contributed by atoms with Gasteiger partial charge in [0.25, 0.3) is 15.9 Å². The third-order valence-electron chi connectivity index (χ3n) is 3.36. The summed E-state index contributed by atoms with van der Waals surface area (Å²) in [7, 11) is -2.40. The van der Waals surface area contributed by atoms with Gasteiger partial charge in [0, 0.05) is 13.6 Å². The van der Waals surface area contributed by atoms with Crippen molar-refractivity contribution in [2.45, 2.75) is 4.90 Å². The number of para-hydroxylation sites is 1. The minimum Gasteiger partial charge on any atom is -0.395 e. The normalized spacial score (nSPS) is 11.1. The molecule has 2 aromatic rings. The van der Waals surface area contributed by atoms with Crippen molar-refractivity contribution < 1.29 is 18.3 Å². The fourth-order valence-electron chi connectivity index (χ4n) is 2.04. The number of carbonyl (C=O) groups excluding carboxylic acids is 1. The molecule has 0 spiro atoms. The van der Waals surface area contributed by atoms with Crippen LogP contribution >= 0.6 is 11.6 Å². The maximum absolute atomic E-state index is 12.7. The quantitative estimate of drug-likeness (QED) is 0.815. The van der Waals surface area contributed by atoms with Crippen molar-refractivity contribution in [3.05, 3.63) is 59.1 Å². The fourth-order valence-corrected chi connectivity index (χ4v) is 3.46. The van der Waals surface area contributed by atoms with E-state index in [4.69, 9.17) is 16.7 Å². The predicted octanol–water partition coefficient (Wildman–Crippen LogP) is 1.89. The molecule has 0 aliphatic carbocycles. The Morgan fingerprint density at radius 3 is 2.50 bits per heavy atom. The molecule has 0 saturated carbocycles. The molecule has 0 saturated heterocycles. The maximum atomic E-state index is 12.7. The number of carbonyl (C=O) groups is 1. The van der Waals surface area contributed by atoms with Crippen LogP contribution in [-0.2, 0) is 10.0 Å². The van der Waals surface area contributed by atoms with Gasteiger partial charge in [0.2, 0.25) is 0 Å². The molecular weight excluding hydrogens is 352 g/mol. The van der Waals surface area contributed by atoms with Gasteiger partial charge in [-0.3, -0.25) is 9.10 Å². The number of benzene rings is 2. The van der Waals surface area contributed by atoms with E-state index < -0.39 is 15.9 Å². The number of aliphatic hydroxyl groups excluding tert-OH is 1. The van der Waals surface area contributed by atoms with Crippen molar-refractivity contribution in [3.63, 3.8) is 0 Å². The fraction of sp³-hybridized carbons (Fsp3) is 0.188. The number of sulfonamides is 1. The third-order valence-corrected chi connectivity index (χ3v) is 5.47. The van der Waals surface area contributed by atoms with E-state index in [1.165, 1.54) is 25.2 Å². The number of halogens is 1. The van der Waals surface area contributed by atoms with Gasteiger partial charge in [-0.05, 0) is 30.3 Å². The van der Waals surface area contributed by atoms with Crippen molar-refractivity contribution in [1.82, 2.24) is 5.32 Å². The molecule has 24 heavy (non-hydrogen) atoms. The Bertz CT molecular complexity index is 825. The van der Waals surface area contributed by atoms with Crippen LogP contribution in [0.3, 0.4) is 0 Å². The molecule has 0 aromatic heterocycles. The number of nitrogens with zero attached hydrogens (tertiary/aromatic N) is 1. The van der Waals surface area contributed by atoms with Gasteiger partial charge >= 0.3 is 0 Å². The lowest BCUT2D eigenvalue weighted by Gasteiger charge is -2.20. The number of aliphatic hydroxyl groups is 1. The second-order valence-corrected chi connectivity index (χ2v) is 7.31. The zero-order valence-corrected chi connectivity index (χ0v) is 14.5. The Kier molecular flexibility index (Phi) is 5.82. The van der Waals surface area contributed by atoms with Gasteiger partial charge in [-0.1, -0.05) is 29.8 Å². The zero-order valence-electron chi connectivity index (χ0n) is 12.9. The average Bonchev–Trinajstić information content (AvgIpc) is 2.59. The van der Waals surface area contributed by atoms with Crippen LogP contribution in [0, 0.1) is 0 Å². The summed E-state index contributed by atoms with van der Waals surface area (Å²) in [4.78, 5) is 12.0. The highest BCUT2D eigenvalue weighted by Crippen LogP contribution is 2.25. The second-order valence-electron chi connectivity index (χ2n) is 4.93. The molecule has 8 heteroatoms. The predicted molar refractivity (Wildman–Crippen MR) is 92.9 cm³/mol. The van der Waals surface area contributed by atoms with Gasteiger partial charge in [0.15, 0.2) is 0 Å². The first-order valence-electron chi connectivity index (χ1n) is 7.10. The smallest absolute Gasteiger partial charge is 0.264 e. The first-order chi connectivity index (χ1) is 11.4. The van der Waals surface area contributed by atoms with Crippen molar-refractivity contribution in [3.8, 4) is 0 Å². The summed E-state index contributed by atoms with van der Waals surface area (Å²) in [6.45, 7) is -0.172. The summed E-state index contributed by atoms with van der Waals surface area (Å²) in [5.74, 6) is -0.548. The molecule has 0 aliphatic heterocycles. The number of amides is 1. The molecule has 2 rings (SSSR count). The van der Waals surface area contributed by atoms with Crippen LogP contribution < -0.4 is 9.62 Å². The Balaban J connectivity index is 2.39. The van der Waals surface area contributed by atoms with E-state index in [1.807, 2.05) is 0 Å². The number of rotatable bonds is 6. The molecule has 0 radical (unpaired) electrons. The summed E-state index contributed by atoms with van der Waals surface area (Å²) in [6.07, 6.45) is 0. The maximum Gasteiger partial charge on any atom is 0.264 e. The molecule has 0 bridgehead atoms. The van der Waals surface area contributed by atoms with Crippen LogP contribution in [0.2, 0.25) is 5.02 Å². The molecule has 0 heterocycles. The molecule has 0 unspecified atom stereocenters. The highest BCUT2D eigenvalue weighted by molar-refractivity contribution is 7.92. The Morgan fingerprint density at radius 2 is 1.88 bits per heavy atom. The van der Waals surface area contributed by atoms with Gasteiger partial charge in [-0.15, -0.1) is 0 Å². The van der Waals surface area contributed by atoms with Crippen molar-refractivity contribution in [1.29, 1.82) is 0 Å². The summed E-state index contributed by atoms with van der Waals surface area (Å²) in [5.41, 5.74) is 0.534. The van der Waals surface area contributed by atoms with Crippen molar-refractivity contribution in [2.75, 3.05) is 24.5 Å². The van der Waals surface area contributed by atoms with Crippen LogP contribution in [0.4, 0.5) is 5.69 Å². The first kappa shape index (κ1) is 18.3. The molecule has 6 nitrogen and oxygen atoms in total. The zero-order chi connectivity index (χ0) is 17.7. The third kappa shape index (κ3) is 3.87. The molecule has 0 atom stereocenters. The molecule has 0 aliphatic rings. The minimum atomic E-state index is -3.84. The Morgan fingerprint density at radius 1 is 1.21 bits per heavy atom. The standard InChI is InChI=1S/C16H17ClN2O4S/c1-19(12-5-3-2-4-6-12)24(22,23)13-7-8-15(17)14(11-13)16(21)18-9-10-20/h2-8,11,20H,9-10H2,1H3,(H,18,21). The molecule has 2 aromatic carbocycles. The first-order valence-corrected chi connectivity index (χ1v) is 8.92. The number of anilines is 1. The SMILES string of the molecule is CN(c1ccccc1)S(=O)(=O)c1ccc(Cl)c(C(=O)NCCO)c1. The average molecular weight is 369 g/mol. The summed E-state index contributed by atoms with van der Waals surface area (Å²) >= 11 is 5.98. The van der Waals surface area contributed by atoms with E-state index in [9.17, 15) is 13.2 Å². The molecule has 1 amide bonds. The molecule has 0 fully saturated rings. The van der Waals surface area contributed by atoms with Crippen molar-refractivity contribution >= 4 is 33.2 Å². The highest BCUT2D eigenvalue weighted by Gasteiger charge is 2.23. The van der Waals surface area contributed by atoms with E-state index in [2.05, 4.69) is 5.32 Å². The summed E-state index contributed by atoms with van der Waals surface area (Å²) in [5, 5.41) is 11.3. The summed E-state index contributed by atoms with van der Waals surface area (Å²) in [6, 6.07) is 12.5. The largest absolute Gasteiger partial charge is 0.395 e. The number of nitrogens with one attached hydrogen (secondary N) is 1. The Labute approximate surface area is 145 Å². The van der Waals surface area contributed by atoms with E-state index >= 15 is 0 Å². The van der Waals surface area contributed by atoms with Gasteiger partial charge < -0.3 is 10.4 Å². The van der Waals surface area contributed by atoms with Crippen molar-refractivity contribution in [2.24, 2.45) is 0 Å². The summed E-state index contributed by atoms with van der Waals surface area (Å²) < 4.78 is 26.6. The van der Waals surface area contributed by atoms with Gasteiger partial charge in [-0.25, -0.2) is 8.42 Å². The van der Waals surface area contributed by atoms with E-state index in [0.29, 0.717) is 5.69 Å². The lowest BCUT2D eigenvalue weighted by Crippen LogP contribution is -2.28. The number of hydrogen-bond acceptors (Lipinski definition) is 4. The van der Waals surface area contributed by atoms with Crippen LogP contribution in [0.25, 0.3) is 0 Å². The lowest BCUT2D eigenvalue weighted by atomic mass is 10.2. The van der Waals surface area contributed by atoms with E-state index in [1.54, 1.807) is 30.3 Å². The van der Waals surface area contributed by atoms with Crippen LogP contribution in [-0.4, -0.2) is 39.6 Å². The lowest BCUT2D eigenvalue weighted by molar-refractivity contribution is 0.0944. The number of hydrogen-bond donors (Lipinski definition) is 2. The van der Waals surface area contributed by atoms with Gasteiger partial charge in [0.05, 0.1) is 27.8 Å². The van der Waals surface area contributed by atoms with E-state index in [0.717, 1.165) is 4.31 Å².